The Kier molecular flexibility index (Phi) is 25.5. The number of hydrogen-bond acceptors (Lipinski definition) is 9. The molecular weight excluding hydrogens is 470 g/mol. The van der Waals surface area contributed by atoms with E-state index in [4.69, 9.17) is 32.6 Å². The fourth-order valence-electron chi connectivity index (χ4n) is 1.74. The van der Waals surface area contributed by atoms with Crippen LogP contribution in [0.3, 0.4) is 0 Å². The van der Waals surface area contributed by atoms with Gasteiger partial charge in [-0.15, -0.1) is 0 Å². The van der Waals surface area contributed by atoms with Gasteiger partial charge in [0, 0.05) is 0 Å². The minimum absolute atomic E-state index is 0.180. The second kappa shape index (κ2) is 24.4. The minimum Gasteiger partial charge on any atom is -0.384 e. The first-order valence-corrected chi connectivity index (χ1v) is 14.5. The number of phosphoric ester groups is 2. The van der Waals surface area contributed by atoms with E-state index >= 15 is 0 Å². The lowest BCUT2D eigenvalue weighted by Crippen LogP contribution is -2.06. The van der Waals surface area contributed by atoms with Crippen molar-refractivity contribution in [3.63, 3.8) is 0 Å². The molecular formula is C22H42O9P2. The SMILES string of the molecule is CCCCOP(=O)(OCCCC)OP(=O)(OCCCC)OCCCC.OCC#CC#CCO. The van der Waals surface area contributed by atoms with Crippen molar-refractivity contribution in [2.75, 3.05) is 39.6 Å². The highest BCUT2D eigenvalue weighted by atomic mass is 31.3. The van der Waals surface area contributed by atoms with Crippen LogP contribution in [-0.2, 0) is 31.5 Å². The summed E-state index contributed by atoms with van der Waals surface area (Å²) < 4.78 is 52.1. The Balaban J connectivity index is 0. The van der Waals surface area contributed by atoms with E-state index in [1.54, 1.807) is 0 Å². The fraction of sp³-hybridized carbons (Fsp3) is 0.818. The zero-order valence-electron chi connectivity index (χ0n) is 20.5. The van der Waals surface area contributed by atoms with Crippen molar-refractivity contribution in [3.8, 4) is 23.7 Å². The summed E-state index contributed by atoms with van der Waals surface area (Å²) in [4.78, 5) is 0. The van der Waals surface area contributed by atoms with Crippen molar-refractivity contribution in [2.24, 2.45) is 0 Å². The largest absolute Gasteiger partial charge is 0.483 e. The Hall–Kier alpha value is -0.700. The standard InChI is InChI=1S/C16H36O7P2.C6H6O2/c1-5-9-13-19-24(17,20-14-10-6-2)23-25(18,21-15-11-7-3)22-16-12-8-4;7-5-3-1-2-4-6-8/h5-16H2,1-4H3;7-8H,5-6H2. The summed E-state index contributed by atoms with van der Waals surface area (Å²) in [7, 11) is -8.02. The Bertz CT molecular complexity index is 578. The zero-order valence-corrected chi connectivity index (χ0v) is 22.3. The monoisotopic (exact) mass is 512 g/mol. The van der Waals surface area contributed by atoms with Gasteiger partial charge in [0.15, 0.2) is 0 Å². The molecule has 0 aliphatic rings. The van der Waals surface area contributed by atoms with E-state index in [1.807, 2.05) is 27.7 Å². The van der Waals surface area contributed by atoms with Crippen LogP contribution in [0.2, 0.25) is 0 Å². The molecule has 0 aromatic carbocycles. The van der Waals surface area contributed by atoms with E-state index in [1.165, 1.54) is 0 Å². The molecule has 0 bridgehead atoms. The minimum atomic E-state index is -4.01. The molecule has 0 heterocycles. The molecule has 0 radical (unpaired) electrons. The summed E-state index contributed by atoms with van der Waals surface area (Å²) >= 11 is 0. The molecule has 194 valence electrons. The molecule has 0 saturated carbocycles. The van der Waals surface area contributed by atoms with Crippen LogP contribution in [-0.4, -0.2) is 49.9 Å². The van der Waals surface area contributed by atoms with Crippen molar-refractivity contribution in [3.05, 3.63) is 0 Å². The average molecular weight is 513 g/mol. The maximum absolute atomic E-state index is 12.8. The smallest absolute Gasteiger partial charge is 0.384 e. The van der Waals surface area contributed by atoms with Crippen molar-refractivity contribution in [1.29, 1.82) is 0 Å². The van der Waals surface area contributed by atoms with E-state index < -0.39 is 15.6 Å². The quantitative estimate of drug-likeness (QED) is 0.140. The third-order valence-corrected chi connectivity index (χ3v) is 7.18. The summed E-state index contributed by atoms with van der Waals surface area (Å²) in [6.45, 7) is 8.38. The van der Waals surface area contributed by atoms with Crippen LogP contribution < -0.4 is 0 Å². The summed E-state index contributed by atoms with van der Waals surface area (Å²) in [5, 5.41) is 16.1. The van der Waals surface area contributed by atoms with E-state index in [2.05, 4.69) is 23.7 Å². The second-order valence-electron chi connectivity index (χ2n) is 6.64. The van der Waals surface area contributed by atoms with Gasteiger partial charge in [0.05, 0.1) is 26.4 Å². The molecule has 11 heteroatoms. The predicted octanol–water partition coefficient (Wildman–Crippen LogP) is 5.46. The van der Waals surface area contributed by atoms with E-state index in [-0.39, 0.29) is 39.6 Å². The Morgan fingerprint density at radius 3 is 1.06 bits per heavy atom. The Morgan fingerprint density at radius 2 is 0.848 bits per heavy atom. The van der Waals surface area contributed by atoms with Crippen LogP contribution in [0, 0.1) is 23.7 Å². The van der Waals surface area contributed by atoms with Crippen LogP contribution in [0.4, 0.5) is 0 Å². The van der Waals surface area contributed by atoms with Crippen molar-refractivity contribution >= 4 is 15.6 Å². The first-order valence-electron chi connectivity index (χ1n) is 11.5. The summed E-state index contributed by atoms with van der Waals surface area (Å²) in [5.41, 5.74) is 0. The molecule has 0 fully saturated rings. The highest BCUT2D eigenvalue weighted by Crippen LogP contribution is 2.66. The third kappa shape index (κ3) is 22.8. The van der Waals surface area contributed by atoms with Crippen LogP contribution in [0.25, 0.3) is 0 Å². The zero-order chi connectivity index (χ0) is 25.3. The topological polar surface area (TPSA) is 121 Å². The number of rotatable bonds is 18. The van der Waals surface area contributed by atoms with Gasteiger partial charge < -0.3 is 10.2 Å². The maximum Gasteiger partial charge on any atom is 0.483 e. The molecule has 0 aromatic rings. The molecule has 0 unspecified atom stereocenters. The molecule has 0 rings (SSSR count). The average Bonchev–Trinajstić information content (AvgIpc) is 2.78. The Morgan fingerprint density at radius 1 is 0.576 bits per heavy atom. The number of aliphatic hydroxyl groups excluding tert-OH is 2. The van der Waals surface area contributed by atoms with Gasteiger partial charge in [-0.3, -0.25) is 18.1 Å². The van der Waals surface area contributed by atoms with Crippen LogP contribution in [0.15, 0.2) is 0 Å². The Labute approximate surface area is 200 Å². The van der Waals surface area contributed by atoms with Crippen LogP contribution in [0.1, 0.15) is 79.1 Å². The molecule has 33 heavy (non-hydrogen) atoms. The first kappa shape index (κ1) is 34.5. The summed E-state index contributed by atoms with van der Waals surface area (Å²) in [5.74, 6) is 9.24. The number of unbranched alkanes of at least 4 members (excludes halogenated alkanes) is 4. The van der Waals surface area contributed by atoms with Gasteiger partial charge in [-0.25, -0.2) is 9.13 Å². The van der Waals surface area contributed by atoms with Gasteiger partial charge in [0.1, 0.15) is 13.2 Å². The second-order valence-corrected chi connectivity index (χ2v) is 10.1. The van der Waals surface area contributed by atoms with Gasteiger partial charge in [-0.1, -0.05) is 65.2 Å². The van der Waals surface area contributed by atoms with E-state index in [0.717, 1.165) is 25.7 Å². The number of hydrogen-bond donors (Lipinski definition) is 2. The van der Waals surface area contributed by atoms with Crippen molar-refractivity contribution in [2.45, 2.75) is 79.1 Å². The highest BCUT2D eigenvalue weighted by molar-refractivity contribution is 7.62. The molecule has 2 N–H and O–H groups in total. The molecule has 0 saturated heterocycles. The summed E-state index contributed by atoms with van der Waals surface area (Å²) in [6, 6.07) is 0. The molecule has 0 atom stereocenters. The maximum atomic E-state index is 12.8. The fourth-order valence-corrected chi connectivity index (χ4v) is 5.04. The van der Waals surface area contributed by atoms with Gasteiger partial charge in [-0.05, 0) is 37.5 Å². The van der Waals surface area contributed by atoms with Gasteiger partial charge in [0.25, 0.3) is 0 Å². The first-order chi connectivity index (χ1) is 15.9. The number of aliphatic hydroxyl groups is 2. The van der Waals surface area contributed by atoms with Gasteiger partial charge >= 0.3 is 15.6 Å². The normalized spacial score (nSPS) is 11.0. The third-order valence-electron chi connectivity index (χ3n) is 3.59. The lowest BCUT2D eigenvalue weighted by molar-refractivity contribution is 0.106. The molecule has 0 aliphatic carbocycles. The van der Waals surface area contributed by atoms with E-state index in [9.17, 15) is 9.13 Å². The molecule has 0 aromatic heterocycles. The number of phosphoric acid groups is 2. The summed E-state index contributed by atoms with van der Waals surface area (Å²) in [6.07, 6.45) is 6.26. The van der Waals surface area contributed by atoms with Crippen LogP contribution >= 0.6 is 15.6 Å². The lowest BCUT2D eigenvalue weighted by atomic mass is 10.4. The van der Waals surface area contributed by atoms with Gasteiger partial charge in [0.2, 0.25) is 0 Å². The molecule has 9 nitrogen and oxygen atoms in total. The predicted molar refractivity (Wildman–Crippen MR) is 129 cm³/mol. The van der Waals surface area contributed by atoms with Gasteiger partial charge in [-0.2, -0.15) is 4.31 Å². The lowest BCUT2D eigenvalue weighted by Gasteiger charge is -2.23. The highest BCUT2D eigenvalue weighted by Gasteiger charge is 2.40. The van der Waals surface area contributed by atoms with Crippen molar-refractivity contribution in [1.82, 2.24) is 0 Å². The molecule has 0 aliphatic heterocycles. The molecule has 0 amide bonds. The van der Waals surface area contributed by atoms with E-state index in [0.29, 0.717) is 25.7 Å². The van der Waals surface area contributed by atoms with Crippen LogP contribution in [0.5, 0.6) is 0 Å². The molecule has 0 spiro atoms. The van der Waals surface area contributed by atoms with Crippen molar-refractivity contribution < 1.29 is 41.7 Å².